The van der Waals surface area contributed by atoms with Gasteiger partial charge in [-0.15, -0.1) is 0 Å². The van der Waals surface area contributed by atoms with Gasteiger partial charge in [0.2, 0.25) is 0 Å². The van der Waals surface area contributed by atoms with Crippen LogP contribution in [0.25, 0.3) is 0 Å². The summed E-state index contributed by atoms with van der Waals surface area (Å²) in [5.41, 5.74) is 0.193. The van der Waals surface area contributed by atoms with Gasteiger partial charge in [0, 0.05) is 0 Å². The van der Waals surface area contributed by atoms with E-state index in [-0.39, 0.29) is 5.57 Å². The minimum Gasteiger partial charge on any atom is -0.504 e. The second-order valence-electron chi connectivity index (χ2n) is 2.72. The Hall–Kier alpha value is -1.04. The normalized spacial score (nSPS) is 28.7. The molecular formula is C7H10O5. The van der Waals surface area contributed by atoms with Crippen LogP contribution in [0.3, 0.4) is 0 Å². The molecule has 12 heavy (non-hydrogen) atoms. The zero-order chi connectivity index (χ0) is 9.52. The van der Waals surface area contributed by atoms with Crippen molar-refractivity contribution in [3.8, 4) is 0 Å². The van der Waals surface area contributed by atoms with E-state index in [1.165, 1.54) is 6.92 Å². The zero-order valence-corrected chi connectivity index (χ0v) is 6.39. The van der Waals surface area contributed by atoms with E-state index in [9.17, 15) is 0 Å². The summed E-state index contributed by atoms with van der Waals surface area (Å²) >= 11 is 0. The molecule has 1 unspecified atom stereocenters. The first kappa shape index (κ1) is 9.05. The Kier molecular flexibility index (Phi) is 1.87. The number of hydrogen-bond acceptors (Lipinski definition) is 5. The zero-order valence-electron chi connectivity index (χ0n) is 6.39. The maximum Gasteiger partial charge on any atom is 0.257 e. The molecule has 0 amide bonds. The number of allylic oxidation sites excluding steroid dienone is 1. The first-order valence-corrected chi connectivity index (χ1v) is 3.31. The lowest BCUT2D eigenvalue weighted by Crippen LogP contribution is -2.45. The van der Waals surface area contributed by atoms with Gasteiger partial charge in [-0.1, -0.05) is 0 Å². The topological polar surface area (TPSA) is 101 Å². The van der Waals surface area contributed by atoms with Crippen LogP contribution in [0.1, 0.15) is 6.92 Å². The third-order valence-electron chi connectivity index (χ3n) is 1.77. The number of rotatable bonds is 0. The van der Waals surface area contributed by atoms with E-state index in [1.807, 2.05) is 0 Å². The van der Waals surface area contributed by atoms with Crippen LogP contribution >= 0.6 is 0 Å². The van der Waals surface area contributed by atoms with Crippen molar-refractivity contribution in [2.24, 2.45) is 0 Å². The average Bonchev–Trinajstić information content (AvgIpc) is 1.99. The highest BCUT2D eigenvalue weighted by Crippen LogP contribution is 2.28. The van der Waals surface area contributed by atoms with E-state index < -0.39 is 23.4 Å². The van der Waals surface area contributed by atoms with Gasteiger partial charge in [0.1, 0.15) is 6.10 Å². The van der Waals surface area contributed by atoms with Gasteiger partial charge in [-0.05, 0) is 18.6 Å². The van der Waals surface area contributed by atoms with E-state index in [0.717, 1.165) is 6.08 Å². The minimum absolute atomic E-state index is 0.193. The molecule has 0 fully saturated rings. The van der Waals surface area contributed by atoms with E-state index in [4.69, 9.17) is 25.5 Å². The lowest BCUT2D eigenvalue weighted by atomic mass is 9.97. The predicted octanol–water partition coefficient (Wildman–Crippen LogP) is -0.684. The summed E-state index contributed by atoms with van der Waals surface area (Å²) in [6.07, 6.45) is -0.594. The van der Waals surface area contributed by atoms with Gasteiger partial charge in [-0.25, -0.2) is 0 Å². The number of hydrogen-bond donors (Lipinski definition) is 5. The summed E-state index contributed by atoms with van der Waals surface area (Å²) < 4.78 is 0. The van der Waals surface area contributed by atoms with E-state index in [2.05, 4.69) is 0 Å². The fraction of sp³-hybridized carbons (Fsp3) is 0.429. The Morgan fingerprint density at radius 1 is 1.33 bits per heavy atom. The quantitative estimate of drug-likeness (QED) is 0.313. The summed E-state index contributed by atoms with van der Waals surface area (Å²) in [4.78, 5) is 0. The minimum atomic E-state index is -2.79. The molecule has 5 heteroatoms. The van der Waals surface area contributed by atoms with Crippen molar-refractivity contribution in [1.29, 1.82) is 0 Å². The summed E-state index contributed by atoms with van der Waals surface area (Å²) in [5, 5.41) is 45.0. The van der Waals surface area contributed by atoms with Crippen molar-refractivity contribution in [2.45, 2.75) is 18.8 Å². The largest absolute Gasteiger partial charge is 0.504 e. The molecule has 1 aliphatic carbocycles. The van der Waals surface area contributed by atoms with Crippen LogP contribution in [-0.4, -0.2) is 37.4 Å². The van der Waals surface area contributed by atoms with Gasteiger partial charge in [-0.3, -0.25) is 0 Å². The molecule has 0 saturated heterocycles. The standard InChI is InChI=1S/C7H10O5/c1-3-2-4(8)7(11,12)6(10)5(3)9/h2,4,8-12H,1H3. The highest BCUT2D eigenvalue weighted by molar-refractivity contribution is 5.35. The lowest BCUT2D eigenvalue weighted by molar-refractivity contribution is -0.205. The predicted molar refractivity (Wildman–Crippen MR) is 39.2 cm³/mol. The van der Waals surface area contributed by atoms with Crippen LogP contribution in [-0.2, 0) is 0 Å². The van der Waals surface area contributed by atoms with Crippen molar-refractivity contribution in [1.82, 2.24) is 0 Å². The lowest BCUT2D eigenvalue weighted by Gasteiger charge is -2.28. The second kappa shape index (κ2) is 2.48. The van der Waals surface area contributed by atoms with Gasteiger partial charge in [0.15, 0.2) is 11.5 Å². The van der Waals surface area contributed by atoms with Gasteiger partial charge >= 0.3 is 0 Å². The van der Waals surface area contributed by atoms with Gasteiger partial charge in [0.05, 0.1) is 0 Å². The van der Waals surface area contributed by atoms with Crippen LogP contribution in [0, 0.1) is 0 Å². The van der Waals surface area contributed by atoms with Crippen LogP contribution in [0.5, 0.6) is 0 Å². The molecule has 0 aromatic carbocycles. The van der Waals surface area contributed by atoms with E-state index in [0.29, 0.717) is 0 Å². The highest BCUT2D eigenvalue weighted by atomic mass is 16.5. The van der Waals surface area contributed by atoms with Crippen molar-refractivity contribution in [3.05, 3.63) is 23.2 Å². The SMILES string of the molecule is CC1=CC(O)C(O)(O)C(O)=C1O. The van der Waals surface area contributed by atoms with E-state index >= 15 is 0 Å². The Morgan fingerprint density at radius 2 is 1.83 bits per heavy atom. The molecule has 0 radical (unpaired) electrons. The second-order valence-corrected chi connectivity index (χ2v) is 2.72. The first-order valence-electron chi connectivity index (χ1n) is 3.31. The number of aliphatic hydroxyl groups is 5. The number of aliphatic hydroxyl groups excluding tert-OH is 3. The van der Waals surface area contributed by atoms with Gasteiger partial charge < -0.3 is 25.5 Å². The molecule has 1 rings (SSSR count). The van der Waals surface area contributed by atoms with Crippen LogP contribution in [0.2, 0.25) is 0 Å². The van der Waals surface area contributed by atoms with Gasteiger partial charge in [-0.2, -0.15) is 0 Å². The molecule has 0 aromatic heterocycles. The van der Waals surface area contributed by atoms with E-state index in [1.54, 1.807) is 0 Å². The van der Waals surface area contributed by atoms with Crippen LogP contribution in [0.4, 0.5) is 0 Å². The van der Waals surface area contributed by atoms with Crippen molar-refractivity contribution in [2.75, 3.05) is 0 Å². The molecule has 1 aliphatic rings. The molecule has 0 saturated carbocycles. The fourth-order valence-electron chi connectivity index (χ4n) is 0.933. The molecule has 1 atom stereocenters. The fourth-order valence-corrected chi connectivity index (χ4v) is 0.933. The molecule has 0 aromatic rings. The summed E-state index contributed by atoms with van der Waals surface area (Å²) in [6, 6.07) is 0. The van der Waals surface area contributed by atoms with Crippen molar-refractivity contribution < 1.29 is 25.5 Å². The smallest absolute Gasteiger partial charge is 0.257 e. The monoisotopic (exact) mass is 174 g/mol. The molecule has 0 heterocycles. The summed E-state index contributed by atoms with van der Waals surface area (Å²) in [5.74, 6) is -4.44. The van der Waals surface area contributed by atoms with Crippen molar-refractivity contribution in [3.63, 3.8) is 0 Å². The Bertz CT molecular complexity index is 263. The molecule has 0 aliphatic heterocycles. The average molecular weight is 174 g/mol. The summed E-state index contributed by atoms with van der Waals surface area (Å²) in [6.45, 7) is 1.42. The maximum atomic E-state index is 9.03. The molecule has 68 valence electrons. The molecule has 0 bridgehead atoms. The van der Waals surface area contributed by atoms with Crippen molar-refractivity contribution >= 4 is 0 Å². The third kappa shape index (κ3) is 1.08. The molecule has 0 spiro atoms. The Morgan fingerprint density at radius 3 is 2.33 bits per heavy atom. The highest BCUT2D eigenvalue weighted by Gasteiger charge is 2.42. The molecule has 5 N–H and O–H groups in total. The summed E-state index contributed by atoms with van der Waals surface area (Å²) in [7, 11) is 0. The maximum absolute atomic E-state index is 9.03. The van der Waals surface area contributed by atoms with Crippen LogP contribution < -0.4 is 0 Å². The Labute approximate surface area is 68.5 Å². The first-order chi connectivity index (χ1) is 5.37. The third-order valence-corrected chi connectivity index (χ3v) is 1.77. The molecular weight excluding hydrogens is 164 g/mol. The molecule has 5 nitrogen and oxygen atoms in total. The Balaban J connectivity index is 3.18. The van der Waals surface area contributed by atoms with Gasteiger partial charge in [0.25, 0.3) is 5.79 Å². The van der Waals surface area contributed by atoms with Crippen LogP contribution in [0.15, 0.2) is 23.2 Å².